The van der Waals surface area contributed by atoms with Crippen molar-refractivity contribution < 1.29 is 22.3 Å². The molecule has 2 N–H and O–H groups in total. The maximum absolute atomic E-state index is 14.2. The molecule has 168 valence electrons. The minimum absolute atomic E-state index is 0.0124. The Morgan fingerprint density at radius 1 is 1.06 bits per heavy atom. The van der Waals surface area contributed by atoms with Gasteiger partial charge < -0.3 is 10.1 Å². The Morgan fingerprint density at radius 2 is 1.75 bits per heavy atom. The first-order valence-electron chi connectivity index (χ1n) is 9.83. The summed E-state index contributed by atoms with van der Waals surface area (Å²) in [6.07, 6.45) is 0.0844. The number of hydrogen-bond donors (Lipinski definition) is 2. The average Bonchev–Trinajstić information content (AvgIpc) is 2.76. The minimum atomic E-state index is -4.03. The number of halogens is 2. The van der Waals surface area contributed by atoms with Gasteiger partial charge in [-0.05, 0) is 61.4 Å². The number of carbonyl (C=O) groups is 1. The number of ether oxygens (including phenoxy) is 1. The molecule has 0 aliphatic carbocycles. The van der Waals surface area contributed by atoms with Crippen LogP contribution in [0.2, 0.25) is 0 Å². The molecule has 6 nitrogen and oxygen atoms in total. The Hall–Kier alpha value is -2.75. The van der Waals surface area contributed by atoms with Crippen molar-refractivity contribution in [3.8, 4) is 5.75 Å². The predicted octanol–water partition coefficient (Wildman–Crippen LogP) is 4.52. The van der Waals surface area contributed by atoms with Crippen LogP contribution in [0.25, 0.3) is 0 Å². The lowest BCUT2D eigenvalue weighted by Crippen LogP contribution is -2.45. The van der Waals surface area contributed by atoms with Crippen molar-refractivity contribution in [1.82, 2.24) is 4.72 Å². The molecule has 3 aromatic carbocycles. The van der Waals surface area contributed by atoms with Gasteiger partial charge in [0.25, 0.3) is 0 Å². The third-order valence-electron chi connectivity index (χ3n) is 4.53. The Balaban J connectivity index is 1.85. The standard InChI is InChI=1S/C23H22BrFN2O4S/c1-2-31-18-9-11-19(12-10-18)32(29,30)27-22(14-16-6-4-3-5-7-16)23(28)26-21-13-8-17(24)15-20(21)25/h3-13,15,22,27H,2,14H2,1H3,(H,26,28)/t22-/m0/s1. The summed E-state index contributed by atoms with van der Waals surface area (Å²) in [5, 5.41) is 2.48. The highest BCUT2D eigenvalue weighted by Crippen LogP contribution is 2.21. The fourth-order valence-corrected chi connectivity index (χ4v) is 4.51. The highest BCUT2D eigenvalue weighted by atomic mass is 79.9. The summed E-state index contributed by atoms with van der Waals surface area (Å²) in [6.45, 7) is 2.28. The van der Waals surface area contributed by atoms with Gasteiger partial charge >= 0.3 is 0 Å². The molecule has 0 saturated heterocycles. The molecule has 0 unspecified atom stereocenters. The molecule has 9 heteroatoms. The normalized spacial score (nSPS) is 12.2. The second-order valence-corrected chi connectivity index (χ2v) is 9.51. The zero-order chi connectivity index (χ0) is 23.1. The summed E-state index contributed by atoms with van der Waals surface area (Å²) in [5.74, 6) is -0.777. The van der Waals surface area contributed by atoms with Crippen molar-refractivity contribution in [2.45, 2.75) is 24.3 Å². The van der Waals surface area contributed by atoms with E-state index in [0.717, 1.165) is 5.56 Å². The third kappa shape index (κ3) is 6.38. The van der Waals surface area contributed by atoms with E-state index >= 15 is 0 Å². The van der Waals surface area contributed by atoms with E-state index in [1.807, 2.05) is 13.0 Å². The van der Waals surface area contributed by atoms with Crippen molar-refractivity contribution in [1.29, 1.82) is 0 Å². The Morgan fingerprint density at radius 3 is 2.38 bits per heavy atom. The number of amides is 1. The van der Waals surface area contributed by atoms with Crippen molar-refractivity contribution in [2.75, 3.05) is 11.9 Å². The lowest BCUT2D eigenvalue weighted by Gasteiger charge is -2.19. The largest absolute Gasteiger partial charge is 0.494 e. The maximum Gasteiger partial charge on any atom is 0.242 e. The van der Waals surface area contributed by atoms with Crippen LogP contribution >= 0.6 is 15.9 Å². The van der Waals surface area contributed by atoms with Gasteiger partial charge in [-0.15, -0.1) is 0 Å². The van der Waals surface area contributed by atoms with Gasteiger partial charge in [-0.1, -0.05) is 46.3 Å². The number of carbonyl (C=O) groups excluding carboxylic acids is 1. The first-order chi connectivity index (χ1) is 15.3. The zero-order valence-corrected chi connectivity index (χ0v) is 19.6. The van der Waals surface area contributed by atoms with E-state index in [0.29, 0.717) is 16.8 Å². The first-order valence-corrected chi connectivity index (χ1v) is 12.1. The van der Waals surface area contributed by atoms with Crippen LogP contribution in [-0.2, 0) is 21.2 Å². The Kier molecular flexibility index (Phi) is 8.00. The molecule has 32 heavy (non-hydrogen) atoms. The molecule has 0 spiro atoms. The molecular formula is C23H22BrFN2O4S. The number of benzene rings is 3. The fraction of sp³-hybridized carbons (Fsp3) is 0.174. The van der Waals surface area contributed by atoms with E-state index < -0.39 is 27.8 Å². The first kappa shape index (κ1) is 23.9. The topological polar surface area (TPSA) is 84.5 Å². The number of hydrogen-bond acceptors (Lipinski definition) is 4. The van der Waals surface area contributed by atoms with Gasteiger partial charge in [0.2, 0.25) is 15.9 Å². The van der Waals surface area contributed by atoms with E-state index in [2.05, 4.69) is 26.0 Å². The molecule has 0 radical (unpaired) electrons. The van der Waals surface area contributed by atoms with Gasteiger partial charge in [-0.25, -0.2) is 12.8 Å². The van der Waals surface area contributed by atoms with E-state index in [1.165, 1.54) is 24.3 Å². The lowest BCUT2D eigenvalue weighted by molar-refractivity contribution is -0.117. The molecule has 0 bridgehead atoms. The molecule has 1 atom stereocenters. The summed E-state index contributed by atoms with van der Waals surface area (Å²) < 4.78 is 48.4. The minimum Gasteiger partial charge on any atom is -0.494 e. The molecule has 0 saturated carbocycles. The summed E-state index contributed by atoms with van der Waals surface area (Å²) in [7, 11) is -4.03. The van der Waals surface area contributed by atoms with Crippen LogP contribution < -0.4 is 14.8 Å². The van der Waals surface area contributed by atoms with Gasteiger partial charge in [0.05, 0.1) is 17.2 Å². The van der Waals surface area contributed by atoms with E-state index in [-0.39, 0.29) is 17.0 Å². The second-order valence-electron chi connectivity index (χ2n) is 6.88. The zero-order valence-electron chi connectivity index (χ0n) is 17.2. The van der Waals surface area contributed by atoms with Gasteiger partial charge in [0.1, 0.15) is 17.6 Å². The number of rotatable bonds is 9. The van der Waals surface area contributed by atoms with Gasteiger partial charge in [0.15, 0.2) is 0 Å². The molecule has 0 aromatic heterocycles. The average molecular weight is 521 g/mol. The van der Waals surface area contributed by atoms with Crippen LogP contribution in [0.5, 0.6) is 5.75 Å². The van der Waals surface area contributed by atoms with Crippen LogP contribution in [-0.4, -0.2) is 27.0 Å². The highest BCUT2D eigenvalue weighted by Gasteiger charge is 2.27. The quantitative estimate of drug-likeness (QED) is 0.434. The lowest BCUT2D eigenvalue weighted by atomic mass is 10.1. The molecule has 0 fully saturated rings. The molecule has 3 rings (SSSR count). The second kappa shape index (κ2) is 10.7. The van der Waals surface area contributed by atoms with Crippen molar-refractivity contribution in [3.05, 3.63) is 88.6 Å². The summed E-state index contributed by atoms with van der Waals surface area (Å²) >= 11 is 3.16. The monoisotopic (exact) mass is 520 g/mol. The maximum atomic E-state index is 14.2. The summed E-state index contributed by atoms with van der Waals surface area (Å²) in [6, 6.07) is 17.9. The smallest absolute Gasteiger partial charge is 0.242 e. The molecule has 0 aliphatic rings. The van der Waals surface area contributed by atoms with Crippen LogP contribution in [0.15, 0.2) is 82.2 Å². The number of nitrogens with one attached hydrogen (secondary N) is 2. The summed E-state index contributed by atoms with van der Waals surface area (Å²) in [4.78, 5) is 13.0. The van der Waals surface area contributed by atoms with Crippen LogP contribution in [0, 0.1) is 5.82 Å². The SMILES string of the molecule is CCOc1ccc(S(=O)(=O)N[C@@H](Cc2ccccc2)C(=O)Nc2ccc(Br)cc2F)cc1. The fourth-order valence-electron chi connectivity index (χ4n) is 2.99. The predicted molar refractivity (Wildman–Crippen MR) is 125 cm³/mol. The van der Waals surface area contributed by atoms with E-state index in [1.54, 1.807) is 42.5 Å². The molecule has 0 heterocycles. The number of sulfonamides is 1. The Labute approximate surface area is 195 Å². The highest BCUT2D eigenvalue weighted by molar-refractivity contribution is 9.10. The van der Waals surface area contributed by atoms with Crippen LogP contribution in [0.4, 0.5) is 10.1 Å². The molecular weight excluding hydrogens is 499 g/mol. The summed E-state index contributed by atoms with van der Waals surface area (Å²) in [5.41, 5.74) is 0.704. The van der Waals surface area contributed by atoms with Gasteiger partial charge in [-0.3, -0.25) is 4.79 Å². The van der Waals surface area contributed by atoms with E-state index in [4.69, 9.17) is 4.74 Å². The molecule has 0 aliphatic heterocycles. The van der Waals surface area contributed by atoms with E-state index in [9.17, 15) is 17.6 Å². The van der Waals surface area contributed by atoms with Crippen molar-refractivity contribution >= 4 is 37.5 Å². The van der Waals surface area contributed by atoms with Gasteiger partial charge in [0, 0.05) is 4.47 Å². The Bertz CT molecular complexity index is 1170. The third-order valence-corrected chi connectivity index (χ3v) is 6.51. The van der Waals surface area contributed by atoms with Gasteiger partial charge in [-0.2, -0.15) is 4.72 Å². The van der Waals surface area contributed by atoms with Crippen LogP contribution in [0.3, 0.4) is 0 Å². The molecule has 1 amide bonds. The van der Waals surface area contributed by atoms with Crippen molar-refractivity contribution in [2.24, 2.45) is 0 Å². The molecule has 3 aromatic rings. The van der Waals surface area contributed by atoms with Crippen molar-refractivity contribution in [3.63, 3.8) is 0 Å². The number of anilines is 1. The van der Waals surface area contributed by atoms with Crippen LogP contribution in [0.1, 0.15) is 12.5 Å².